The van der Waals surface area contributed by atoms with Crippen molar-refractivity contribution in [3.05, 3.63) is 101 Å². The number of rotatable bonds is 13. The summed E-state index contributed by atoms with van der Waals surface area (Å²) in [6.45, 7) is 8.54. The van der Waals surface area contributed by atoms with Crippen LogP contribution in [0, 0.1) is 13.8 Å². The number of methoxy groups -OCH3 is 1. The molecule has 2 atom stereocenters. The Morgan fingerprint density at radius 1 is 0.921 bits per heavy atom. The van der Waals surface area contributed by atoms with Gasteiger partial charge in [0.05, 0.1) is 12.9 Å². The largest absolute Gasteiger partial charge is 0.497 e. The number of hydrogen-bond donors (Lipinski definition) is 1. The molecule has 0 fully saturated rings. The standard InChI is InChI=1S/C32H40N2O3S/c1-6-25(4)33-32(36)30(19-26-11-8-7-9-12-26)34(20-27-13-10-14-29(18-27)37-5)31(35)22-38-21-28-16-23(2)15-24(3)17-28/h7-18,25,30H,6,19-22H2,1-5H3,(H,33,36)/t25-,30-/m1/s1. The van der Waals surface area contributed by atoms with Crippen LogP contribution >= 0.6 is 11.8 Å². The molecule has 202 valence electrons. The molecule has 0 aliphatic carbocycles. The third-order valence-electron chi connectivity index (χ3n) is 6.53. The minimum atomic E-state index is -0.632. The zero-order valence-corrected chi connectivity index (χ0v) is 24.0. The SMILES string of the molecule is CC[C@@H](C)NC(=O)[C@@H](Cc1ccccc1)N(Cc1cccc(OC)c1)C(=O)CSCc1cc(C)cc(C)c1. The second-order valence-corrected chi connectivity index (χ2v) is 10.9. The van der Waals surface area contributed by atoms with Crippen LogP contribution in [0.15, 0.2) is 72.8 Å². The smallest absolute Gasteiger partial charge is 0.243 e. The Morgan fingerprint density at radius 3 is 2.26 bits per heavy atom. The number of carbonyl (C=O) groups excluding carboxylic acids is 2. The minimum absolute atomic E-state index is 0.0217. The number of hydrogen-bond acceptors (Lipinski definition) is 4. The second-order valence-electron chi connectivity index (χ2n) is 9.89. The minimum Gasteiger partial charge on any atom is -0.497 e. The van der Waals surface area contributed by atoms with Gasteiger partial charge in [0.2, 0.25) is 11.8 Å². The summed E-state index contributed by atoms with van der Waals surface area (Å²) in [7, 11) is 1.63. The fourth-order valence-corrected chi connectivity index (χ4v) is 5.30. The molecule has 0 unspecified atom stereocenters. The van der Waals surface area contributed by atoms with Gasteiger partial charge in [0.25, 0.3) is 0 Å². The summed E-state index contributed by atoms with van der Waals surface area (Å²) in [6.07, 6.45) is 1.26. The summed E-state index contributed by atoms with van der Waals surface area (Å²) in [5.41, 5.74) is 5.58. The van der Waals surface area contributed by atoms with Crippen molar-refractivity contribution in [3.8, 4) is 5.75 Å². The molecule has 6 heteroatoms. The summed E-state index contributed by atoms with van der Waals surface area (Å²) in [5.74, 6) is 1.58. The van der Waals surface area contributed by atoms with E-state index in [-0.39, 0.29) is 17.9 Å². The first-order valence-electron chi connectivity index (χ1n) is 13.2. The van der Waals surface area contributed by atoms with Gasteiger partial charge in [0.1, 0.15) is 11.8 Å². The van der Waals surface area contributed by atoms with Crippen molar-refractivity contribution in [1.29, 1.82) is 0 Å². The number of ether oxygens (including phenoxy) is 1. The van der Waals surface area contributed by atoms with E-state index in [1.165, 1.54) is 16.7 Å². The molecular weight excluding hydrogens is 492 g/mol. The number of thioether (sulfide) groups is 1. The Hall–Kier alpha value is -3.25. The Balaban J connectivity index is 1.88. The van der Waals surface area contributed by atoms with Gasteiger partial charge in [-0.15, -0.1) is 11.8 Å². The summed E-state index contributed by atoms with van der Waals surface area (Å²) in [4.78, 5) is 29.2. The highest BCUT2D eigenvalue weighted by Gasteiger charge is 2.31. The molecule has 0 radical (unpaired) electrons. The first-order valence-corrected chi connectivity index (χ1v) is 14.4. The maximum Gasteiger partial charge on any atom is 0.243 e. The van der Waals surface area contributed by atoms with Gasteiger partial charge in [0, 0.05) is 24.8 Å². The lowest BCUT2D eigenvalue weighted by atomic mass is 10.0. The quantitative estimate of drug-likeness (QED) is 0.289. The van der Waals surface area contributed by atoms with Crippen molar-refractivity contribution >= 4 is 23.6 Å². The van der Waals surface area contributed by atoms with E-state index in [1.54, 1.807) is 23.8 Å². The van der Waals surface area contributed by atoms with Crippen molar-refractivity contribution in [2.45, 2.75) is 64.9 Å². The van der Waals surface area contributed by atoms with Gasteiger partial charge in [-0.25, -0.2) is 0 Å². The van der Waals surface area contributed by atoms with E-state index in [1.807, 2.05) is 68.4 Å². The van der Waals surface area contributed by atoms with Crippen molar-refractivity contribution in [1.82, 2.24) is 10.2 Å². The van der Waals surface area contributed by atoms with Crippen LogP contribution in [0.5, 0.6) is 5.75 Å². The monoisotopic (exact) mass is 532 g/mol. The Morgan fingerprint density at radius 2 is 1.61 bits per heavy atom. The van der Waals surface area contributed by atoms with Gasteiger partial charge in [0.15, 0.2) is 0 Å². The number of benzene rings is 3. The van der Waals surface area contributed by atoms with Crippen LogP contribution in [0.1, 0.15) is 48.1 Å². The normalized spacial score (nSPS) is 12.4. The van der Waals surface area contributed by atoms with Crippen molar-refractivity contribution in [2.75, 3.05) is 12.9 Å². The maximum absolute atomic E-state index is 13.8. The summed E-state index contributed by atoms with van der Waals surface area (Å²) >= 11 is 1.58. The van der Waals surface area contributed by atoms with Gasteiger partial charge in [-0.3, -0.25) is 9.59 Å². The lowest BCUT2D eigenvalue weighted by molar-refractivity contribution is -0.139. The first kappa shape index (κ1) is 29.3. The van der Waals surface area contributed by atoms with Crippen molar-refractivity contribution in [2.24, 2.45) is 0 Å². The van der Waals surface area contributed by atoms with Gasteiger partial charge >= 0.3 is 0 Å². The van der Waals surface area contributed by atoms with Gasteiger partial charge in [-0.2, -0.15) is 0 Å². The average Bonchev–Trinajstić information content (AvgIpc) is 2.90. The number of carbonyl (C=O) groups is 2. The van der Waals surface area contributed by atoms with Crippen LogP contribution < -0.4 is 10.1 Å². The average molecular weight is 533 g/mol. The summed E-state index contributed by atoms with van der Waals surface area (Å²) in [6, 6.07) is 23.5. The number of aryl methyl sites for hydroxylation is 2. The predicted molar refractivity (Wildman–Crippen MR) is 157 cm³/mol. The molecule has 0 heterocycles. The van der Waals surface area contributed by atoms with E-state index in [9.17, 15) is 9.59 Å². The van der Waals surface area contributed by atoms with Crippen LogP contribution in [0.2, 0.25) is 0 Å². The van der Waals surface area contributed by atoms with Crippen molar-refractivity contribution in [3.63, 3.8) is 0 Å². The van der Waals surface area contributed by atoms with E-state index in [4.69, 9.17) is 4.74 Å². The van der Waals surface area contributed by atoms with E-state index in [0.29, 0.717) is 18.7 Å². The van der Waals surface area contributed by atoms with E-state index >= 15 is 0 Å². The third-order valence-corrected chi connectivity index (χ3v) is 7.52. The first-order chi connectivity index (χ1) is 18.3. The fourth-order valence-electron chi connectivity index (χ4n) is 4.45. The van der Waals surface area contributed by atoms with Crippen LogP contribution in [-0.2, 0) is 28.3 Å². The molecule has 0 aliphatic rings. The van der Waals surface area contributed by atoms with Gasteiger partial charge in [-0.05, 0) is 56.0 Å². The molecule has 3 aromatic carbocycles. The molecule has 0 aliphatic heterocycles. The molecule has 1 N–H and O–H groups in total. The summed E-state index contributed by atoms with van der Waals surface area (Å²) < 4.78 is 5.41. The lowest BCUT2D eigenvalue weighted by Gasteiger charge is -2.32. The zero-order valence-electron chi connectivity index (χ0n) is 23.2. The Labute approximate surface area is 232 Å². The highest BCUT2D eigenvalue weighted by Crippen LogP contribution is 2.21. The molecule has 0 aromatic heterocycles. The van der Waals surface area contributed by atoms with E-state index < -0.39 is 6.04 Å². The highest BCUT2D eigenvalue weighted by atomic mass is 32.2. The molecule has 38 heavy (non-hydrogen) atoms. The molecule has 2 amide bonds. The Bertz CT molecular complexity index is 1180. The highest BCUT2D eigenvalue weighted by molar-refractivity contribution is 7.99. The lowest BCUT2D eigenvalue weighted by Crippen LogP contribution is -2.52. The van der Waals surface area contributed by atoms with Crippen LogP contribution in [0.4, 0.5) is 0 Å². The van der Waals surface area contributed by atoms with E-state index in [0.717, 1.165) is 29.1 Å². The number of nitrogens with zero attached hydrogens (tertiary/aromatic N) is 1. The molecule has 5 nitrogen and oxygen atoms in total. The van der Waals surface area contributed by atoms with Crippen LogP contribution in [0.25, 0.3) is 0 Å². The van der Waals surface area contributed by atoms with Gasteiger partial charge < -0.3 is 15.0 Å². The maximum atomic E-state index is 13.8. The molecule has 0 saturated heterocycles. The fraction of sp³-hybridized carbons (Fsp3) is 0.375. The molecule has 0 spiro atoms. The third kappa shape index (κ3) is 8.95. The number of amides is 2. The number of nitrogens with one attached hydrogen (secondary N) is 1. The van der Waals surface area contributed by atoms with Crippen molar-refractivity contribution < 1.29 is 14.3 Å². The molecule has 3 rings (SSSR count). The molecule has 0 saturated carbocycles. The Kier molecular flexibility index (Phi) is 11.3. The predicted octanol–water partition coefficient (Wildman–Crippen LogP) is 6.10. The van der Waals surface area contributed by atoms with Gasteiger partial charge in [-0.1, -0.05) is 78.7 Å². The zero-order chi connectivity index (χ0) is 27.5. The molecule has 3 aromatic rings. The molecular formula is C32H40N2O3S. The van der Waals surface area contributed by atoms with Crippen LogP contribution in [-0.4, -0.2) is 41.7 Å². The summed E-state index contributed by atoms with van der Waals surface area (Å²) in [5, 5.41) is 3.12. The second kappa shape index (κ2) is 14.6. The van der Waals surface area contributed by atoms with Crippen LogP contribution in [0.3, 0.4) is 0 Å². The van der Waals surface area contributed by atoms with E-state index in [2.05, 4.69) is 37.4 Å². The molecule has 0 bridgehead atoms. The topological polar surface area (TPSA) is 58.6 Å².